The first kappa shape index (κ1) is 14.0. The van der Waals surface area contributed by atoms with E-state index in [0.29, 0.717) is 13.0 Å². The van der Waals surface area contributed by atoms with Crippen LogP contribution in [0.1, 0.15) is 36.8 Å². The van der Waals surface area contributed by atoms with E-state index in [4.69, 9.17) is 9.47 Å². The van der Waals surface area contributed by atoms with E-state index in [1.165, 1.54) is 11.1 Å². The minimum Gasteiger partial charge on any atom is -0.493 e. The molecule has 0 unspecified atom stereocenters. The largest absolute Gasteiger partial charge is 0.493 e. The van der Waals surface area contributed by atoms with Gasteiger partial charge in [0.1, 0.15) is 0 Å². The van der Waals surface area contributed by atoms with Gasteiger partial charge in [-0.2, -0.15) is 0 Å². The number of hydrogen-bond donors (Lipinski definition) is 0. The Bertz CT molecular complexity index is 592. The Labute approximate surface area is 125 Å². The summed E-state index contributed by atoms with van der Waals surface area (Å²) in [5, 5.41) is 0. The Morgan fingerprint density at radius 1 is 1.10 bits per heavy atom. The highest BCUT2D eigenvalue weighted by atomic mass is 16.5. The maximum absolute atomic E-state index is 12.3. The Kier molecular flexibility index (Phi) is 3.86. The Morgan fingerprint density at radius 3 is 2.62 bits per heavy atom. The molecule has 4 heteroatoms. The fourth-order valence-electron chi connectivity index (χ4n) is 3.14. The number of carbonyl (C=O) groups is 1. The second-order valence-electron chi connectivity index (χ2n) is 5.55. The Morgan fingerprint density at radius 2 is 1.86 bits per heavy atom. The molecule has 2 aliphatic rings. The van der Waals surface area contributed by atoms with Gasteiger partial charge in [-0.25, -0.2) is 0 Å². The SMILES string of the molecule is COc1cc2c(cc1OC)C1=CCCCC(=O)N(CC1)C2. The van der Waals surface area contributed by atoms with Gasteiger partial charge in [-0.3, -0.25) is 4.79 Å². The van der Waals surface area contributed by atoms with Gasteiger partial charge in [0.2, 0.25) is 5.91 Å². The fraction of sp³-hybridized carbons (Fsp3) is 0.471. The van der Waals surface area contributed by atoms with E-state index in [2.05, 4.69) is 12.1 Å². The molecular weight excluding hydrogens is 266 g/mol. The van der Waals surface area contributed by atoms with Gasteiger partial charge in [-0.1, -0.05) is 6.08 Å². The lowest BCUT2D eigenvalue weighted by Gasteiger charge is -2.21. The van der Waals surface area contributed by atoms with Gasteiger partial charge in [0, 0.05) is 19.5 Å². The van der Waals surface area contributed by atoms with E-state index in [0.717, 1.165) is 42.9 Å². The average Bonchev–Trinajstić information content (AvgIpc) is 2.63. The van der Waals surface area contributed by atoms with E-state index in [1.54, 1.807) is 14.2 Å². The quantitative estimate of drug-likeness (QED) is 0.839. The standard InChI is InChI=1S/C17H21NO3/c1-20-15-9-13-11-18-8-7-12(5-3-4-6-17(18)19)14(13)10-16(15)21-2/h5,9-10H,3-4,6-8,11H2,1-2H3. The summed E-state index contributed by atoms with van der Waals surface area (Å²) in [6, 6.07) is 4.06. The lowest BCUT2D eigenvalue weighted by atomic mass is 9.96. The highest BCUT2D eigenvalue weighted by Crippen LogP contribution is 2.37. The van der Waals surface area contributed by atoms with Crippen molar-refractivity contribution in [3.63, 3.8) is 0 Å². The molecule has 2 heterocycles. The van der Waals surface area contributed by atoms with Crippen LogP contribution in [0, 0.1) is 0 Å². The van der Waals surface area contributed by atoms with Crippen LogP contribution in [0.2, 0.25) is 0 Å². The molecular formula is C17H21NO3. The first-order valence-corrected chi connectivity index (χ1v) is 7.45. The molecule has 112 valence electrons. The van der Waals surface area contributed by atoms with Gasteiger partial charge in [-0.05, 0) is 48.1 Å². The number of benzene rings is 1. The van der Waals surface area contributed by atoms with Crippen molar-refractivity contribution in [3.05, 3.63) is 29.3 Å². The van der Waals surface area contributed by atoms with E-state index in [1.807, 2.05) is 11.0 Å². The lowest BCUT2D eigenvalue weighted by Crippen LogP contribution is -2.30. The molecule has 21 heavy (non-hydrogen) atoms. The molecule has 0 aliphatic carbocycles. The number of rotatable bonds is 2. The van der Waals surface area contributed by atoms with Crippen molar-refractivity contribution in [3.8, 4) is 11.5 Å². The molecule has 0 spiro atoms. The maximum Gasteiger partial charge on any atom is 0.222 e. The third-order valence-electron chi connectivity index (χ3n) is 4.31. The molecule has 0 atom stereocenters. The van der Waals surface area contributed by atoms with E-state index < -0.39 is 0 Å². The molecule has 0 fully saturated rings. The zero-order valence-electron chi connectivity index (χ0n) is 12.6. The molecule has 4 nitrogen and oxygen atoms in total. The van der Waals surface area contributed by atoms with Crippen molar-refractivity contribution in [2.24, 2.45) is 0 Å². The lowest BCUT2D eigenvalue weighted by molar-refractivity contribution is -0.131. The van der Waals surface area contributed by atoms with Crippen molar-refractivity contribution in [1.82, 2.24) is 4.90 Å². The molecule has 0 aromatic heterocycles. The average molecular weight is 287 g/mol. The second-order valence-corrected chi connectivity index (χ2v) is 5.55. The van der Waals surface area contributed by atoms with E-state index in [9.17, 15) is 4.79 Å². The molecule has 1 aromatic rings. The predicted octanol–water partition coefficient (Wildman–Crippen LogP) is 3.00. The number of allylic oxidation sites excluding steroid dienone is 1. The third kappa shape index (κ3) is 2.62. The zero-order valence-corrected chi connectivity index (χ0v) is 12.6. The van der Waals surface area contributed by atoms with Crippen LogP contribution >= 0.6 is 0 Å². The number of carbonyl (C=O) groups excluding carboxylic acids is 1. The summed E-state index contributed by atoms with van der Waals surface area (Å²) < 4.78 is 10.8. The Hall–Kier alpha value is -1.97. The molecule has 0 radical (unpaired) electrons. The highest BCUT2D eigenvalue weighted by Gasteiger charge is 2.24. The van der Waals surface area contributed by atoms with Gasteiger partial charge in [-0.15, -0.1) is 0 Å². The number of fused-ring (bicyclic) bond motifs is 5. The number of amides is 1. The minimum absolute atomic E-state index is 0.257. The van der Waals surface area contributed by atoms with Crippen LogP contribution in [0.3, 0.4) is 0 Å². The molecule has 0 saturated carbocycles. The first-order valence-electron chi connectivity index (χ1n) is 7.45. The number of hydrogen-bond acceptors (Lipinski definition) is 3. The van der Waals surface area contributed by atoms with Gasteiger partial charge in [0.15, 0.2) is 11.5 Å². The molecule has 2 bridgehead atoms. The van der Waals surface area contributed by atoms with E-state index >= 15 is 0 Å². The predicted molar refractivity (Wildman–Crippen MR) is 81.4 cm³/mol. The molecule has 3 rings (SSSR count). The van der Waals surface area contributed by atoms with Crippen LogP contribution in [0.5, 0.6) is 11.5 Å². The monoisotopic (exact) mass is 287 g/mol. The maximum atomic E-state index is 12.3. The second kappa shape index (κ2) is 5.80. The summed E-state index contributed by atoms with van der Waals surface area (Å²) in [5.41, 5.74) is 3.67. The van der Waals surface area contributed by atoms with Crippen molar-refractivity contribution in [2.45, 2.75) is 32.2 Å². The summed E-state index contributed by atoms with van der Waals surface area (Å²) >= 11 is 0. The van der Waals surface area contributed by atoms with Crippen LogP contribution in [0.25, 0.3) is 5.57 Å². The number of ether oxygens (including phenoxy) is 2. The van der Waals surface area contributed by atoms with Crippen molar-refractivity contribution in [2.75, 3.05) is 20.8 Å². The summed E-state index contributed by atoms with van der Waals surface area (Å²) in [4.78, 5) is 14.2. The summed E-state index contributed by atoms with van der Waals surface area (Å²) in [6.07, 6.45) is 5.73. The van der Waals surface area contributed by atoms with Crippen LogP contribution < -0.4 is 9.47 Å². The molecule has 0 N–H and O–H groups in total. The molecule has 2 aliphatic heterocycles. The number of nitrogens with zero attached hydrogens (tertiary/aromatic N) is 1. The molecule has 1 amide bonds. The number of methoxy groups -OCH3 is 2. The van der Waals surface area contributed by atoms with Gasteiger partial charge < -0.3 is 14.4 Å². The molecule has 1 aromatic carbocycles. The summed E-state index contributed by atoms with van der Waals surface area (Å²) in [7, 11) is 3.30. The zero-order chi connectivity index (χ0) is 14.8. The highest BCUT2D eigenvalue weighted by molar-refractivity contribution is 5.79. The normalized spacial score (nSPS) is 18.1. The van der Waals surface area contributed by atoms with Gasteiger partial charge in [0.05, 0.1) is 14.2 Å². The minimum atomic E-state index is 0.257. The van der Waals surface area contributed by atoms with Crippen LogP contribution in [-0.4, -0.2) is 31.6 Å². The Balaban J connectivity index is 2.13. The van der Waals surface area contributed by atoms with Gasteiger partial charge >= 0.3 is 0 Å². The van der Waals surface area contributed by atoms with Crippen molar-refractivity contribution < 1.29 is 14.3 Å². The van der Waals surface area contributed by atoms with Crippen LogP contribution in [0.4, 0.5) is 0 Å². The van der Waals surface area contributed by atoms with E-state index in [-0.39, 0.29) is 5.91 Å². The summed E-state index contributed by atoms with van der Waals surface area (Å²) in [6.45, 7) is 1.45. The van der Waals surface area contributed by atoms with Crippen molar-refractivity contribution >= 4 is 11.5 Å². The first-order chi connectivity index (χ1) is 10.2. The fourth-order valence-corrected chi connectivity index (χ4v) is 3.14. The smallest absolute Gasteiger partial charge is 0.222 e. The van der Waals surface area contributed by atoms with Crippen molar-refractivity contribution in [1.29, 1.82) is 0 Å². The van der Waals surface area contributed by atoms with Crippen LogP contribution in [0.15, 0.2) is 18.2 Å². The van der Waals surface area contributed by atoms with Gasteiger partial charge in [0.25, 0.3) is 0 Å². The summed E-state index contributed by atoms with van der Waals surface area (Å²) in [5.74, 6) is 1.73. The topological polar surface area (TPSA) is 38.8 Å². The molecule has 0 saturated heterocycles. The third-order valence-corrected chi connectivity index (χ3v) is 4.31. The van der Waals surface area contributed by atoms with Crippen LogP contribution in [-0.2, 0) is 11.3 Å².